The second-order valence-electron chi connectivity index (χ2n) is 8.06. The summed E-state index contributed by atoms with van der Waals surface area (Å²) in [5.74, 6) is 1.85. The number of aryl methyl sites for hydroxylation is 1. The second-order valence-corrected chi connectivity index (χ2v) is 8.06. The van der Waals surface area contributed by atoms with Gasteiger partial charge in [-0.15, -0.1) is 10.2 Å². The zero-order valence-corrected chi connectivity index (χ0v) is 17.3. The summed E-state index contributed by atoms with van der Waals surface area (Å²) in [6.07, 6.45) is 9.42. The van der Waals surface area contributed by atoms with E-state index in [1.165, 1.54) is 17.0 Å². The van der Waals surface area contributed by atoms with Gasteiger partial charge < -0.3 is 19.3 Å². The molecule has 3 aliphatic rings. The fourth-order valence-corrected chi connectivity index (χ4v) is 4.65. The van der Waals surface area contributed by atoms with E-state index < -0.39 is 0 Å². The van der Waals surface area contributed by atoms with Crippen LogP contribution in [0.25, 0.3) is 6.08 Å². The van der Waals surface area contributed by atoms with Crippen molar-refractivity contribution in [1.29, 1.82) is 5.26 Å². The zero-order chi connectivity index (χ0) is 20.7. The highest BCUT2D eigenvalue weighted by molar-refractivity contribution is 5.50. The van der Waals surface area contributed by atoms with Crippen LogP contribution in [0.2, 0.25) is 0 Å². The molecule has 1 aromatic carbocycles. The Bertz CT molecular complexity index is 1070. The third-order valence-electron chi connectivity index (χ3n) is 6.06. The van der Waals surface area contributed by atoms with Crippen molar-refractivity contribution in [3.05, 3.63) is 77.3 Å². The van der Waals surface area contributed by atoms with Gasteiger partial charge in [0.15, 0.2) is 5.82 Å². The maximum atomic E-state index is 8.96. The number of nitrogens with zero attached hydrogens (tertiary/aromatic N) is 7. The van der Waals surface area contributed by atoms with Crippen LogP contribution in [0, 0.1) is 18.3 Å². The Morgan fingerprint density at radius 1 is 1.13 bits per heavy atom. The molecule has 152 valence electrons. The fourth-order valence-electron chi connectivity index (χ4n) is 4.65. The smallest absolute Gasteiger partial charge is 0.157 e. The van der Waals surface area contributed by atoms with Crippen LogP contribution in [-0.4, -0.2) is 55.8 Å². The van der Waals surface area contributed by atoms with Gasteiger partial charge in [-0.2, -0.15) is 5.26 Å². The first-order valence-electron chi connectivity index (χ1n) is 10.3. The highest BCUT2D eigenvalue weighted by atomic mass is 15.4. The first-order chi connectivity index (χ1) is 14.7. The van der Waals surface area contributed by atoms with Gasteiger partial charge in [-0.05, 0) is 24.6 Å². The molecule has 2 aromatic rings. The van der Waals surface area contributed by atoms with Crippen molar-refractivity contribution in [3.63, 3.8) is 0 Å². The molecule has 0 fully saturated rings. The molecule has 0 spiro atoms. The van der Waals surface area contributed by atoms with E-state index in [9.17, 15) is 0 Å². The molecule has 0 N–H and O–H groups in total. The minimum absolute atomic E-state index is 0.168. The van der Waals surface area contributed by atoms with Gasteiger partial charge in [0, 0.05) is 26.3 Å². The van der Waals surface area contributed by atoms with Gasteiger partial charge in [0.2, 0.25) is 0 Å². The average molecular weight is 400 g/mol. The van der Waals surface area contributed by atoms with Crippen molar-refractivity contribution in [2.45, 2.75) is 32.0 Å². The average Bonchev–Trinajstić information content (AvgIpc) is 3.42. The van der Waals surface area contributed by atoms with Crippen LogP contribution < -0.4 is 0 Å². The summed E-state index contributed by atoms with van der Waals surface area (Å²) in [4.78, 5) is 6.96. The molecule has 0 saturated carbocycles. The third kappa shape index (κ3) is 3.05. The van der Waals surface area contributed by atoms with Crippen molar-refractivity contribution in [2.75, 3.05) is 20.3 Å². The van der Waals surface area contributed by atoms with E-state index in [0.29, 0.717) is 6.42 Å². The van der Waals surface area contributed by atoms with E-state index in [2.05, 4.69) is 97.3 Å². The summed E-state index contributed by atoms with van der Waals surface area (Å²) in [7, 11) is 2.12. The van der Waals surface area contributed by atoms with Crippen molar-refractivity contribution in [1.82, 2.24) is 29.5 Å². The number of benzene rings is 1. The monoisotopic (exact) mass is 399 g/mol. The molecule has 0 radical (unpaired) electrons. The van der Waals surface area contributed by atoms with Gasteiger partial charge in [0.25, 0.3) is 0 Å². The Morgan fingerprint density at radius 3 is 2.77 bits per heavy atom. The van der Waals surface area contributed by atoms with E-state index in [0.717, 1.165) is 31.4 Å². The summed E-state index contributed by atoms with van der Waals surface area (Å²) >= 11 is 0. The summed E-state index contributed by atoms with van der Waals surface area (Å²) in [6.45, 7) is 4.40. The summed E-state index contributed by atoms with van der Waals surface area (Å²) in [5, 5.41) is 17.6. The molecule has 3 aliphatic heterocycles. The van der Waals surface area contributed by atoms with E-state index >= 15 is 0 Å². The Labute approximate surface area is 176 Å². The van der Waals surface area contributed by atoms with Gasteiger partial charge in [-0.1, -0.05) is 36.4 Å². The molecule has 7 nitrogen and oxygen atoms in total. The normalized spacial score (nSPS) is 22.0. The molecule has 30 heavy (non-hydrogen) atoms. The molecule has 4 heterocycles. The Morgan fingerprint density at radius 2 is 1.97 bits per heavy atom. The largest absolute Gasteiger partial charge is 0.357 e. The van der Waals surface area contributed by atoms with Gasteiger partial charge in [-0.3, -0.25) is 0 Å². The van der Waals surface area contributed by atoms with E-state index in [1.54, 1.807) is 0 Å². The van der Waals surface area contributed by atoms with Crippen LogP contribution in [0.3, 0.4) is 0 Å². The number of rotatable bonds is 5. The Kier molecular flexibility index (Phi) is 4.55. The molecule has 2 atom stereocenters. The predicted molar refractivity (Wildman–Crippen MR) is 114 cm³/mol. The lowest BCUT2D eigenvalue weighted by Crippen LogP contribution is -2.36. The molecule has 0 aliphatic carbocycles. The minimum atomic E-state index is 0.168. The standard InChI is InChI=1S/C23H25N7/c1-17-25-26-23-10-9-19-21(30(17)23)13-20(29(19)14-18-7-4-3-5-8-18)22-15-28(12-6-11-24)16-27(22)2/h3-5,7-10,13,15,19,21H,6,12,14,16H2,1-2H3. The molecule has 2 unspecified atom stereocenters. The van der Waals surface area contributed by atoms with Crippen molar-refractivity contribution < 1.29 is 0 Å². The fraction of sp³-hybridized carbons (Fsp3) is 0.348. The number of aromatic nitrogens is 3. The molecule has 1 aromatic heterocycles. The van der Waals surface area contributed by atoms with E-state index in [-0.39, 0.29) is 12.1 Å². The minimum Gasteiger partial charge on any atom is -0.357 e. The number of nitriles is 1. The lowest BCUT2D eigenvalue weighted by molar-refractivity contribution is 0.253. The number of fused-ring (bicyclic) bond motifs is 3. The van der Waals surface area contributed by atoms with Crippen LogP contribution in [0.15, 0.2) is 60.1 Å². The number of hydrogen-bond acceptors (Lipinski definition) is 6. The maximum absolute atomic E-state index is 8.96. The van der Waals surface area contributed by atoms with Crippen LogP contribution in [0.1, 0.15) is 29.7 Å². The van der Waals surface area contributed by atoms with Crippen molar-refractivity contribution in [2.24, 2.45) is 0 Å². The summed E-state index contributed by atoms with van der Waals surface area (Å²) < 4.78 is 2.23. The van der Waals surface area contributed by atoms with Crippen LogP contribution >= 0.6 is 0 Å². The third-order valence-corrected chi connectivity index (χ3v) is 6.06. The van der Waals surface area contributed by atoms with E-state index in [1.807, 2.05) is 6.92 Å². The second kappa shape index (κ2) is 7.38. The molecule has 0 amide bonds. The highest BCUT2D eigenvalue weighted by Gasteiger charge is 2.40. The molecule has 5 rings (SSSR count). The maximum Gasteiger partial charge on any atom is 0.157 e. The topological polar surface area (TPSA) is 64.2 Å². The zero-order valence-electron chi connectivity index (χ0n) is 17.3. The molecular weight excluding hydrogens is 374 g/mol. The Balaban J connectivity index is 1.54. The van der Waals surface area contributed by atoms with Crippen molar-refractivity contribution >= 4 is 6.08 Å². The summed E-state index contributed by atoms with van der Waals surface area (Å²) in [6, 6.07) is 13.2. The van der Waals surface area contributed by atoms with Gasteiger partial charge in [0.1, 0.15) is 5.82 Å². The first-order valence-corrected chi connectivity index (χ1v) is 10.3. The summed E-state index contributed by atoms with van der Waals surface area (Å²) in [5.41, 5.74) is 3.70. The Hall–Kier alpha value is -3.53. The van der Waals surface area contributed by atoms with Gasteiger partial charge >= 0.3 is 0 Å². The van der Waals surface area contributed by atoms with Crippen molar-refractivity contribution in [3.8, 4) is 6.07 Å². The quantitative estimate of drug-likeness (QED) is 0.770. The van der Waals surface area contributed by atoms with Crippen LogP contribution in [0.5, 0.6) is 0 Å². The SMILES string of the molecule is Cc1nnc2n1C1C=C(C3=CN(CCC#N)CN3C)N(Cc3ccccc3)C1C=C2. The highest BCUT2D eigenvalue weighted by Crippen LogP contribution is 2.41. The predicted octanol–water partition coefficient (Wildman–Crippen LogP) is 2.88. The van der Waals surface area contributed by atoms with E-state index in [4.69, 9.17) is 5.26 Å². The lowest BCUT2D eigenvalue weighted by Gasteiger charge is -2.34. The van der Waals surface area contributed by atoms with Crippen LogP contribution in [-0.2, 0) is 6.54 Å². The van der Waals surface area contributed by atoms with Gasteiger partial charge in [-0.25, -0.2) is 0 Å². The van der Waals surface area contributed by atoms with Gasteiger partial charge in [0.05, 0.1) is 42.6 Å². The molecule has 0 bridgehead atoms. The molecular formula is C23H25N7. The number of hydrogen-bond donors (Lipinski definition) is 0. The van der Waals surface area contributed by atoms with Crippen LogP contribution in [0.4, 0.5) is 0 Å². The first kappa shape index (κ1) is 18.5. The molecule has 0 saturated heterocycles. The lowest BCUT2D eigenvalue weighted by atomic mass is 10.1. The molecule has 7 heteroatoms. The number of likely N-dealkylation sites (N-methyl/N-ethyl adjacent to an activating group) is 1.